The Morgan fingerprint density at radius 2 is 2.17 bits per heavy atom. The van der Waals surface area contributed by atoms with Gasteiger partial charge in [-0.15, -0.1) is 0 Å². The summed E-state index contributed by atoms with van der Waals surface area (Å²) in [6, 6.07) is 7.85. The number of aryl methyl sites for hydroxylation is 1. The van der Waals surface area contributed by atoms with Gasteiger partial charge in [-0.05, 0) is 32.4 Å². The number of primary amides is 1. The van der Waals surface area contributed by atoms with E-state index < -0.39 is 0 Å². The summed E-state index contributed by atoms with van der Waals surface area (Å²) >= 11 is 0. The van der Waals surface area contributed by atoms with E-state index in [-0.39, 0.29) is 24.3 Å². The lowest BCUT2D eigenvalue weighted by Gasteiger charge is -2.30. The first-order valence-corrected chi connectivity index (χ1v) is 8.30. The molecule has 1 aliphatic rings. The Hall–Kier alpha value is -2.34. The lowest BCUT2D eigenvalue weighted by Crippen LogP contribution is -2.45. The molecule has 0 saturated carbocycles. The number of amides is 2. The third-order valence-electron chi connectivity index (χ3n) is 4.62. The molecule has 24 heavy (non-hydrogen) atoms. The van der Waals surface area contributed by atoms with E-state index in [9.17, 15) is 9.59 Å². The number of likely N-dealkylation sites (tertiary alicyclic amines) is 1. The van der Waals surface area contributed by atoms with E-state index in [1.165, 1.54) is 0 Å². The Bertz CT molecular complexity index is 753. The standard InChI is InChI=1S/C18H23N3O3/c1-12-14-6-2-3-7-15(14)24-16(12)9-20-18(23)13-5-4-8-21(10-13)11-17(19)22/h2-3,6-7,13H,4-5,8-11H2,1H3,(H2,19,22)(H,20,23). The molecule has 0 bridgehead atoms. The number of para-hydroxylation sites is 1. The first-order chi connectivity index (χ1) is 11.5. The number of nitrogens with two attached hydrogens (primary N) is 1. The zero-order valence-electron chi connectivity index (χ0n) is 13.9. The first-order valence-electron chi connectivity index (χ1n) is 8.30. The molecule has 1 saturated heterocycles. The van der Waals surface area contributed by atoms with Crippen LogP contribution in [0.2, 0.25) is 0 Å². The second-order valence-corrected chi connectivity index (χ2v) is 6.40. The lowest BCUT2D eigenvalue weighted by molar-refractivity contribution is -0.128. The molecule has 0 aliphatic carbocycles. The third kappa shape index (κ3) is 3.59. The fourth-order valence-electron chi connectivity index (χ4n) is 3.34. The van der Waals surface area contributed by atoms with Crippen molar-refractivity contribution in [1.29, 1.82) is 0 Å². The molecule has 1 aromatic heterocycles. The van der Waals surface area contributed by atoms with Crippen molar-refractivity contribution in [3.05, 3.63) is 35.6 Å². The van der Waals surface area contributed by atoms with E-state index in [1.807, 2.05) is 36.1 Å². The summed E-state index contributed by atoms with van der Waals surface area (Å²) < 4.78 is 5.82. The maximum Gasteiger partial charge on any atom is 0.231 e. The van der Waals surface area contributed by atoms with Crippen LogP contribution in [0, 0.1) is 12.8 Å². The molecule has 128 valence electrons. The van der Waals surface area contributed by atoms with Gasteiger partial charge >= 0.3 is 0 Å². The number of fused-ring (bicyclic) bond motifs is 1. The molecule has 6 nitrogen and oxygen atoms in total. The van der Waals surface area contributed by atoms with Crippen LogP contribution in [0.3, 0.4) is 0 Å². The topological polar surface area (TPSA) is 88.6 Å². The normalized spacial score (nSPS) is 18.6. The Morgan fingerprint density at radius 3 is 2.92 bits per heavy atom. The zero-order chi connectivity index (χ0) is 17.1. The van der Waals surface area contributed by atoms with Crippen LogP contribution >= 0.6 is 0 Å². The van der Waals surface area contributed by atoms with Gasteiger partial charge in [-0.3, -0.25) is 14.5 Å². The maximum atomic E-state index is 12.4. The van der Waals surface area contributed by atoms with Gasteiger partial charge in [0, 0.05) is 17.5 Å². The highest BCUT2D eigenvalue weighted by Crippen LogP contribution is 2.25. The summed E-state index contributed by atoms with van der Waals surface area (Å²) in [4.78, 5) is 25.4. The number of carbonyl (C=O) groups excluding carboxylic acids is 2. The molecular formula is C18H23N3O3. The van der Waals surface area contributed by atoms with Crippen molar-refractivity contribution in [2.75, 3.05) is 19.6 Å². The van der Waals surface area contributed by atoms with Gasteiger partial charge in [0.05, 0.1) is 19.0 Å². The Kier molecular flexibility index (Phi) is 4.85. The minimum Gasteiger partial charge on any atom is -0.459 e. The molecule has 0 spiro atoms. The van der Waals surface area contributed by atoms with E-state index in [0.717, 1.165) is 41.7 Å². The van der Waals surface area contributed by atoms with Crippen LogP contribution in [-0.4, -0.2) is 36.3 Å². The summed E-state index contributed by atoms with van der Waals surface area (Å²) in [6.07, 6.45) is 1.73. The molecule has 2 amide bonds. The van der Waals surface area contributed by atoms with Gasteiger partial charge in [-0.2, -0.15) is 0 Å². The van der Waals surface area contributed by atoms with Crippen molar-refractivity contribution >= 4 is 22.8 Å². The van der Waals surface area contributed by atoms with E-state index in [2.05, 4.69) is 5.32 Å². The zero-order valence-corrected chi connectivity index (χ0v) is 13.9. The number of hydrogen-bond acceptors (Lipinski definition) is 4. The molecule has 1 atom stereocenters. The van der Waals surface area contributed by atoms with Crippen LogP contribution in [-0.2, 0) is 16.1 Å². The number of carbonyl (C=O) groups is 2. The Labute approximate surface area is 141 Å². The van der Waals surface area contributed by atoms with Gasteiger partial charge in [0.15, 0.2) is 0 Å². The molecule has 3 N–H and O–H groups in total. The number of nitrogens with one attached hydrogen (secondary N) is 1. The van der Waals surface area contributed by atoms with Crippen molar-refractivity contribution in [3.63, 3.8) is 0 Å². The van der Waals surface area contributed by atoms with Gasteiger partial charge in [0.2, 0.25) is 11.8 Å². The summed E-state index contributed by atoms with van der Waals surface area (Å²) in [5.74, 6) is 0.329. The van der Waals surface area contributed by atoms with Crippen molar-refractivity contribution in [1.82, 2.24) is 10.2 Å². The predicted molar refractivity (Wildman–Crippen MR) is 91.2 cm³/mol. The van der Waals surface area contributed by atoms with Crippen LogP contribution in [0.25, 0.3) is 11.0 Å². The Morgan fingerprint density at radius 1 is 1.38 bits per heavy atom. The summed E-state index contributed by atoms with van der Waals surface area (Å²) in [5, 5.41) is 4.04. The van der Waals surface area contributed by atoms with E-state index >= 15 is 0 Å². The van der Waals surface area contributed by atoms with Crippen LogP contribution in [0.5, 0.6) is 0 Å². The van der Waals surface area contributed by atoms with Crippen LogP contribution in [0.4, 0.5) is 0 Å². The van der Waals surface area contributed by atoms with Gasteiger partial charge < -0.3 is 15.5 Å². The molecule has 1 aromatic carbocycles. The molecule has 2 aromatic rings. The van der Waals surface area contributed by atoms with Gasteiger partial charge in [0.25, 0.3) is 0 Å². The van der Waals surface area contributed by atoms with Gasteiger partial charge in [-0.25, -0.2) is 0 Å². The molecule has 2 heterocycles. The molecular weight excluding hydrogens is 306 g/mol. The largest absolute Gasteiger partial charge is 0.459 e. The molecule has 1 fully saturated rings. The maximum absolute atomic E-state index is 12.4. The highest BCUT2D eigenvalue weighted by molar-refractivity contribution is 5.82. The van der Waals surface area contributed by atoms with E-state index in [0.29, 0.717) is 13.1 Å². The SMILES string of the molecule is Cc1c(CNC(=O)C2CCCN(CC(N)=O)C2)oc2ccccc12. The van der Waals surface area contributed by atoms with E-state index in [1.54, 1.807) is 0 Å². The molecule has 1 unspecified atom stereocenters. The van der Waals surface area contributed by atoms with E-state index in [4.69, 9.17) is 10.2 Å². The fourth-order valence-corrected chi connectivity index (χ4v) is 3.34. The number of nitrogens with zero attached hydrogens (tertiary/aromatic N) is 1. The number of hydrogen-bond donors (Lipinski definition) is 2. The lowest BCUT2D eigenvalue weighted by atomic mass is 9.97. The smallest absolute Gasteiger partial charge is 0.231 e. The first kappa shape index (κ1) is 16.5. The highest BCUT2D eigenvalue weighted by atomic mass is 16.3. The second-order valence-electron chi connectivity index (χ2n) is 6.40. The average molecular weight is 329 g/mol. The molecule has 6 heteroatoms. The quantitative estimate of drug-likeness (QED) is 0.871. The third-order valence-corrected chi connectivity index (χ3v) is 4.62. The van der Waals surface area contributed by atoms with Crippen molar-refractivity contribution in [3.8, 4) is 0 Å². The summed E-state index contributed by atoms with van der Waals surface area (Å²) in [5.41, 5.74) is 7.14. The minimum atomic E-state index is -0.353. The fraction of sp³-hybridized carbons (Fsp3) is 0.444. The molecule has 3 rings (SSSR count). The van der Waals surface area contributed by atoms with Gasteiger partial charge in [-0.1, -0.05) is 18.2 Å². The molecule has 0 radical (unpaired) electrons. The number of rotatable bonds is 5. The minimum absolute atomic E-state index is 0.00373. The number of furan rings is 1. The van der Waals surface area contributed by atoms with Crippen molar-refractivity contribution < 1.29 is 14.0 Å². The highest BCUT2D eigenvalue weighted by Gasteiger charge is 2.26. The predicted octanol–water partition coefficient (Wildman–Crippen LogP) is 1.55. The van der Waals surface area contributed by atoms with Crippen LogP contribution in [0.1, 0.15) is 24.2 Å². The number of piperidine rings is 1. The summed E-state index contributed by atoms with van der Waals surface area (Å²) in [6.45, 7) is 3.99. The Balaban J connectivity index is 1.60. The van der Waals surface area contributed by atoms with Crippen LogP contribution in [0.15, 0.2) is 28.7 Å². The molecule has 1 aliphatic heterocycles. The second kappa shape index (κ2) is 7.05. The van der Waals surface area contributed by atoms with Crippen molar-refractivity contribution in [2.24, 2.45) is 11.7 Å². The van der Waals surface area contributed by atoms with Crippen molar-refractivity contribution in [2.45, 2.75) is 26.3 Å². The van der Waals surface area contributed by atoms with Crippen LogP contribution < -0.4 is 11.1 Å². The number of benzene rings is 1. The monoisotopic (exact) mass is 329 g/mol. The van der Waals surface area contributed by atoms with Gasteiger partial charge in [0.1, 0.15) is 11.3 Å². The average Bonchev–Trinajstić information content (AvgIpc) is 2.89. The summed E-state index contributed by atoms with van der Waals surface area (Å²) in [7, 11) is 0.